The van der Waals surface area contributed by atoms with Gasteiger partial charge in [-0.1, -0.05) is 95.9 Å². The number of nitrogen functional groups attached to an aromatic ring is 1. The molecule has 290 valence electrons. The van der Waals surface area contributed by atoms with E-state index in [0.717, 1.165) is 66.3 Å². The molecule has 53 heavy (non-hydrogen) atoms. The molecule has 0 saturated heterocycles. The van der Waals surface area contributed by atoms with E-state index < -0.39 is 29.9 Å². The number of esters is 3. The van der Waals surface area contributed by atoms with Crippen molar-refractivity contribution >= 4 is 50.3 Å². The molecular weight excluding hydrogens is 736 g/mol. The van der Waals surface area contributed by atoms with Crippen molar-refractivity contribution in [3.05, 3.63) is 69.7 Å². The third kappa shape index (κ3) is 13.0. The molecule has 3 aromatic rings. The van der Waals surface area contributed by atoms with E-state index in [1.54, 1.807) is 26.2 Å². The quantitative estimate of drug-likeness (QED) is 0.0487. The summed E-state index contributed by atoms with van der Waals surface area (Å²) < 4.78 is 23.1. The van der Waals surface area contributed by atoms with Crippen LogP contribution in [-0.2, 0) is 30.3 Å². The Hall–Kier alpha value is -3.63. The Labute approximate surface area is 324 Å². The maximum absolute atomic E-state index is 13.5. The average Bonchev–Trinajstić information content (AvgIpc) is 3.18. The Balaban J connectivity index is 1.40. The van der Waals surface area contributed by atoms with Crippen LogP contribution in [0.3, 0.4) is 0 Å². The molecule has 0 aromatic heterocycles. The molecule has 1 aliphatic carbocycles. The van der Waals surface area contributed by atoms with Gasteiger partial charge in [-0.15, -0.1) is 0 Å². The van der Waals surface area contributed by atoms with Crippen LogP contribution in [0.1, 0.15) is 132 Å². The molecule has 0 aliphatic heterocycles. The van der Waals surface area contributed by atoms with Crippen LogP contribution in [0.5, 0.6) is 5.75 Å². The smallest absolute Gasteiger partial charge is 0.338 e. The van der Waals surface area contributed by atoms with Gasteiger partial charge >= 0.3 is 17.9 Å². The number of benzene rings is 3. The minimum atomic E-state index is -0.963. The van der Waals surface area contributed by atoms with Crippen molar-refractivity contribution in [2.75, 3.05) is 32.6 Å². The summed E-state index contributed by atoms with van der Waals surface area (Å²) in [6.45, 7) is 7.13. The number of hydrogen-bond acceptors (Lipinski definition) is 9. The molecule has 1 aliphatic rings. The summed E-state index contributed by atoms with van der Waals surface area (Å²) in [6.07, 6.45) is 12.8. The lowest BCUT2D eigenvalue weighted by Crippen LogP contribution is -2.36. The lowest BCUT2D eigenvalue weighted by atomic mass is 9.93. The molecule has 1 fully saturated rings. The standard InChI is InChI=1S/C43H59BrN2O7/c1-5-7-8-9-10-11-15-18-40(47)53-38(28-51-42(48)30(3)31-19-20-33-25-37(50-4)22-21-32(33)23-31)29-52-43(49)34-24-35(41(45)39(44)26-34)27-46(6-2)36-16-13-12-14-17-36/h19-26,30,36,38H,5-18,27-29,45H2,1-4H3. The van der Waals surface area contributed by atoms with Gasteiger partial charge in [-0.3, -0.25) is 14.5 Å². The van der Waals surface area contributed by atoms with Gasteiger partial charge in [0.2, 0.25) is 0 Å². The van der Waals surface area contributed by atoms with E-state index in [2.05, 4.69) is 34.7 Å². The fraction of sp³-hybridized carbons (Fsp3) is 0.558. The monoisotopic (exact) mass is 794 g/mol. The molecule has 2 unspecified atom stereocenters. The van der Waals surface area contributed by atoms with E-state index in [9.17, 15) is 14.4 Å². The number of hydrogen-bond donors (Lipinski definition) is 1. The minimum absolute atomic E-state index is 0.243. The van der Waals surface area contributed by atoms with Crippen LogP contribution in [0.15, 0.2) is 53.0 Å². The van der Waals surface area contributed by atoms with Gasteiger partial charge in [0, 0.05) is 23.5 Å². The molecule has 0 bridgehead atoms. The maximum Gasteiger partial charge on any atom is 0.338 e. The average molecular weight is 796 g/mol. The minimum Gasteiger partial charge on any atom is -0.497 e. The Morgan fingerprint density at radius 3 is 2.26 bits per heavy atom. The van der Waals surface area contributed by atoms with Gasteiger partial charge < -0.3 is 24.7 Å². The van der Waals surface area contributed by atoms with Gasteiger partial charge in [-0.25, -0.2) is 4.79 Å². The van der Waals surface area contributed by atoms with E-state index in [1.807, 2.05) is 36.4 Å². The lowest BCUT2D eigenvalue weighted by Gasteiger charge is -2.34. The summed E-state index contributed by atoms with van der Waals surface area (Å²) >= 11 is 3.54. The summed E-state index contributed by atoms with van der Waals surface area (Å²) in [5.41, 5.74) is 9.06. The molecule has 10 heteroatoms. The van der Waals surface area contributed by atoms with Gasteiger partial charge in [0.15, 0.2) is 6.10 Å². The van der Waals surface area contributed by atoms with Crippen LogP contribution >= 0.6 is 15.9 Å². The van der Waals surface area contributed by atoms with Crippen molar-refractivity contribution in [1.29, 1.82) is 0 Å². The molecule has 2 atom stereocenters. The zero-order valence-electron chi connectivity index (χ0n) is 32.1. The second-order valence-electron chi connectivity index (χ2n) is 14.3. The number of nitrogens with zero attached hydrogens (tertiary/aromatic N) is 1. The summed E-state index contributed by atoms with van der Waals surface area (Å²) in [5, 5.41) is 1.97. The van der Waals surface area contributed by atoms with E-state index in [1.165, 1.54) is 38.5 Å². The number of carbonyl (C=O) groups excluding carboxylic acids is 3. The lowest BCUT2D eigenvalue weighted by molar-refractivity contribution is -0.162. The van der Waals surface area contributed by atoms with E-state index in [0.29, 0.717) is 34.7 Å². The number of unbranched alkanes of at least 4 members (excludes halogenated alkanes) is 6. The molecule has 0 amide bonds. The zero-order valence-corrected chi connectivity index (χ0v) is 33.7. The first-order chi connectivity index (χ1) is 25.6. The van der Waals surface area contributed by atoms with E-state index in [4.69, 9.17) is 24.7 Å². The third-order valence-electron chi connectivity index (χ3n) is 10.3. The predicted molar refractivity (Wildman–Crippen MR) is 214 cm³/mol. The highest BCUT2D eigenvalue weighted by Gasteiger charge is 2.25. The van der Waals surface area contributed by atoms with Gasteiger partial charge in [-0.05, 0) is 94.8 Å². The summed E-state index contributed by atoms with van der Waals surface area (Å²) in [5.74, 6) is -1.27. The summed E-state index contributed by atoms with van der Waals surface area (Å²) in [7, 11) is 1.63. The topological polar surface area (TPSA) is 117 Å². The fourth-order valence-corrected chi connectivity index (χ4v) is 7.50. The first kappa shape index (κ1) is 42.1. The molecule has 2 N–H and O–H groups in total. The van der Waals surface area contributed by atoms with Gasteiger partial charge in [0.05, 0.1) is 24.3 Å². The van der Waals surface area contributed by atoms with E-state index in [-0.39, 0.29) is 19.6 Å². The molecule has 0 heterocycles. The highest BCUT2D eigenvalue weighted by atomic mass is 79.9. The van der Waals surface area contributed by atoms with Gasteiger partial charge in [0.25, 0.3) is 0 Å². The summed E-state index contributed by atoms with van der Waals surface area (Å²) in [4.78, 5) is 42.1. The molecule has 0 radical (unpaired) electrons. The first-order valence-corrected chi connectivity index (χ1v) is 20.4. The largest absolute Gasteiger partial charge is 0.497 e. The SMILES string of the molecule is CCCCCCCCCC(=O)OC(COC(=O)c1cc(Br)c(N)c(CN(CC)C2CCCCC2)c1)COC(=O)C(C)c1ccc2cc(OC)ccc2c1. The molecule has 0 spiro atoms. The Morgan fingerprint density at radius 2 is 1.55 bits per heavy atom. The number of rotatable bonds is 21. The van der Waals surface area contributed by atoms with Crippen molar-refractivity contribution in [2.45, 2.75) is 129 Å². The number of nitrogens with two attached hydrogens (primary N) is 1. The number of fused-ring (bicyclic) bond motifs is 1. The zero-order chi connectivity index (χ0) is 38.2. The van der Waals surface area contributed by atoms with Crippen LogP contribution < -0.4 is 10.5 Å². The van der Waals surface area contributed by atoms with Crippen LogP contribution in [-0.4, -0.2) is 61.8 Å². The Morgan fingerprint density at radius 1 is 0.868 bits per heavy atom. The Bertz CT molecular complexity index is 1640. The highest BCUT2D eigenvalue weighted by Crippen LogP contribution is 2.30. The molecule has 4 rings (SSSR count). The second kappa shape index (κ2) is 21.9. The fourth-order valence-electron chi connectivity index (χ4n) is 7.00. The van der Waals surface area contributed by atoms with Gasteiger partial charge in [0.1, 0.15) is 19.0 Å². The summed E-state index contributed by atoms with van der Waals surface area (Å²) in [6, 6.07) is 15.5. The van der Waals surface area contributed by atoms with Crippen molar-refractivity contribution in [2.24, 2.45) is 0 Å². The number of halogens is 1. The predicted octanol–water partition coefficient (Wildman–Crippen LogP) is 9.90. The highest BCUT2D eigenvalue weighted by molar-refractivity contribution is 9.10. The van der Waals surface area contributed by atoms with Crippen LogP contribution in [0.2, 0.25) is 0 Å². The van der Waals surface area contributed by atoms with E-state index >= 15 is 0 Å². The van der Waals surface area contributed by atoms with Crippen molar-refractivity contribution in [1.82, 2.24) is 4.90 Å². The second-order valence-corrected chi connectivity index (χ2v) is 15.1. The molecule has 3 aromatic carbocycles. The van der Waals surface area contributed by atoms with Crippen molar-refractivity contribution in [3.63, 3.8) is 0 Å². The van der Waals surface area contributed by atoms with Crippen LogP contribution in [0, 0.1) is 0 Å². The van der Waals surface area contributed by atoms with Crippen LogP contribution in [0.4, 0.5) is 5.69 Å². The maximum atomic E-state index is 13.5. The number of carbonyl (C=O) groups is 3. The first-order valence-electron chi connectivity index (χ1n) is 19.6. The third-order valence-corrected chi connectivity index (χ3v) is 11.0. The number of ether oxygens (including phenoxy) is 4. The Kier molecular flexibility index (Phi) is 17.4. The number of methoxy groups -OCH3 is 1. The van der Waals surface area contributed by atoms with Gasteiger partial charge in [-0.2, -0.15) is 0 Å². The van der Waals surface area contributed by atoms with Crippen molar-refractivity contribution in [3.8, 4) is 5.75 Å². The van der Waals surface area contributed by atoms with Crippen LogP contribution in [0.25, 0.3) is 10.8 Å². The normalized spacial score (nSPS) is 14.5. The number of anilines is 1. The van der Waals surface area contributed by atoms with Crippen molar-refractivity contribution < 1.29 is 33.3 Å². The molecule has 9 nitrogen and oxygen atoms in total. The molecular formula is C43H59BrN2O7. The molecule has 1 saturated carbocycles.